The molecule has 1 rings (SSSR count). The molecule has 20 heavy (non-hydrogen) atoms. The summed E-state index contributed by atoms with van der Waals surface area (Å²) in [6.45, 7) is 0.0118. The van der Waals surface area contributed by atoms with Gasteiger partial charge in [0.05, 0.1) is 0 Å². The Hall–Kier alpha value is -2.57. The lowest BCUT2D eigenvalue weighted by Gasteiger charge is -2.13. The summed E-state index contributed by atoms with van der Waals surface area (Å²) in [6.07, 6.45) is -1.45. The Bertz CT molecular complexity index is 473. The molecule has 1 aromatic carbocycles. The summed E-state index contributed by atoms with van der Waals surface area (Å²) in [5, 5.41) is 19.5. The molecular formula is C13H15NO6. The molecule has 0 saturated carbocycles. The van der Waals surface area contributed by atoms with Crippen LogP contribution in [0.1, 0.15) is 18.4 Å². The number of ether oxygens (including phenoxy) is 1. The number of amides is 1. The highest BCUT2D eigenvalue weighted by Gasteiger charge is 2.21. The van der Waals surface area contributed by atoms with Gasteiger partial charge in [-0.15, -0.1) is 0 Å². The van der Waals surface area contributed by atoms with Gasteiger partial charge >= 0.3 is 18.0 Å². The van der Waals surface area contributed by atoms with Crippen molar-refractivity contribution in [1.29, 1.82) is 0 Å². The maximum Gasteiger partial charge on any atom is 0.408 e. The third-order valence-corrected chi connectivity index (χ3v) is 2.45. The van der Waals surface area contributed by atoms with Crippen LogP contribution in [0.15, 0.2) is 30.3 Å². The van der Waals surface area contributed by atoms with Gasteiger partial charge in [-0.1, -0.05) is 30.3 Å². The first-order valence-corrected chi connectivity index (χ1v) is 5.91. The first kappa shape index (κ1) is 15.5. The van der Waals surface area contributed by atoms with E-state index in [1.165, 1.54) is 0 Å². The average molecular weight is 282 g/mol. The smallest absolute Gasteiger partial charge is 0.408 e. The molecule has 108 valence electrons. The minimum absolute atomic E-state index is 0.0118. The van der Waals surface area contributed by atoms with Crippen molar-refractivity contribution in [1.82, 2.24) is 5.32 Å². The van der Waals surface area contributed by atoms with Crippen molar-refractivity contribution < 1.29 is 29.3 Å². The van der Waals surface area contributed by atoms with Gasteiger partial charge in [0.1, 0.15) is 12.6 Å². The number of carbonyl (C=O) groups is 3. The minimum Gasteiger partial charge on any atom is -0.481 e. The molecule has 0 spiro atoms. The molecule has 0 radical (unpaired) electrons. The molecule has 0 aliphatic carbocycles. The fourth-order valence-electron chi connectivity index (χ4n) is 1.43. The number of alkyl carbamates (subject to hydrolysis) is 1. The largest absolute Gasteiger partial charge is 0.481 e. The van der Waals surface area contributed by atoms with Gasteiger partial charge < -0.3 is 20.3 Å². The number of carboxylic acids is 2. The van der Waals surface area contributed by atoms with Crippen molar-refractivity contribution in [3.8, 4) is 0 Å². The Labute approximate surface area is 115 Å². The maximum absolute atomic E-state index is 11.4. The molecule has 7 heteroatoms. The molecule has 0 unspecified atom stereocenters. The number of aliphatic carboxylic acids is 2. The molecule has 0 heterocycles. The molecule has 0 aliphatic rings. The number of carboxylic acid groups (broad SMARTS) is 2. The SMILES string of the molecule is O=C(O)CC[C@H]([15NH]C(=O)OCc1ccccc1)C(=O)O. The van der Waals surface area contributed by atoms with Gasteiger partial charge in [-0.05, 0) is 12.0 Å². The highest BCUT2D eigenvalue weighted by Crippen LogP contribution is 2.02. The number of benzene rings is 1. The van der Waals surface area contributed by atoms with E-state index in [2.05, 4.69) is 5.32 Å². The molecule has 3 N–H and O–H groups in total. The van der Waals surface area contributed by atoms with E-state index in [-0.39, 0.29) is 19.4 Å². The first-order valence-electron chi connectivity index (χ1n) is 5.91. The number of hydrogen-bond donors (Lipinski definition) is 3. The van der Waals surface area contributed by atoms with Gasteiger partial charge in [0.25, 0.3) is 0 Å². The van der Waals surface area contributed by atoms with Gasteiger partial charge in [0.15, 0.2) is 0 Å². The number of carbonyl (C=O) groups excluding carboxylic acids is 1. The average Bonchev–Trinajstić information content (AvgIpc) is 2.41. The molecule has 1 amide bonds. The number of rotatable bonds is 7. The Balaban J connectivity index is 2.41. The van der Waals surface area contributed by atoms with Crippen LogP contribution in [0, 0.1) is 0 Å². The van der Waals surface area contributed by atoms with Crippen LogP contribution in [0.4, 0.5) is 4.79 Å². The van der Waals surface area contributed by atoms with Gasteiger partial charge in [-0.2, -0.15) is 0 Å². The summed E-state index contributed by atoms with van der Waals surface area (Å²) >= 11 is 0. The van der Waals surface area contributed by atoms with Gasteiger partial charge in [0, 0.05) is 6.42 Å². The maximum atomic E-state index is 11.4. The molecule has 1 atom stereocenters. The van der Waals surface area contributed by atoms with E-state index in [1.807, 2.05) is 6.07 Å². The predicted molar refractivity (Wildman–Crippen MR) is 68.1 cm³/mol. The predicted octanol–water partition coefficient (Wildman–Crippen LogP) is 1.23. The fraction of sp³-hybridized carbons (Fsp3) is 0.308. The zero-order valence-electron chi connectivity index (χ0n) is 10.6. The summed E-state index contributed by atoms with van der Waals surface area (Å²) in [6, 6.07) is 7.61. The first-order chi connectivity index (χ1) is 9.49. The lowest BCUT2D eigenvalue weighted by Crippen LogP contribution is -2.41. The van der Waals surface area contributed by atoms with E-state index in [9.17, 15) is 14.4 Å². The van der Waals surface area contributed by atoms with Crippen molar-refractivity contribution in [2.75, 3.05) is 0 Å². The topological polar surface area (TPSA) is 113 Å². The van der Waals surface area contributed by atoms with Crippen LogP contribution in [0.2, 0.25) is 0 Å². The third kappa shape index (κ3) is 5.85. The van der Waals surface area contributed by atoms with Crippen molar-refractivity contribution in [2.24, 2.45) is 0 Å². The Morgan fingerprint density at radius 1 is 1.15 bits per heavy atom. The molecule has 0 fully saturated rings. The molecule has 0 saturated heterocycles. The van der Waals surface area contributed by atoms with Crippen molar-refractivity contribution in [3.05, 3.63) is 35.9 Å². The molecule has 0 bridgehead atoms. The highest BCUT2D eigenvalue weighted by atomic mass is 16.6. The van der Waals surface area contributed by atoms with Crippen LogP contribution in [0.3, 0.4) is 0 Å². The molecular weight excluding hydrogens is 267 g/mol. The minimum atomic E-state index is -1.30. The molecule has 0 aromatic heterocycles. The standard InChI is InChI=1S/C13H15NO6/c15-11(16)7-6-10(12(17)18)14-13(19)20-8-9-4-2-1-3-5-9/h1-5,10H,6-8H2,(H,14,19)(H,15,16)(H,17,18)/t10-/m0/s1/i14+1. The second-order valence-corrected chi connectivity index (χ2v) is 4.03. The Kier molecular flexibility index (Phi) is 6.02. The van der Waals surface area contributed by atoms with Crippen molar-refractivity contribution >= 4 is 18.0 Å². The zero-order chi connectivity index (χ0) is 15.0. The summed E-state index contributed by atoms with van der Waals surface area (Å²) in [7, 11) is 0. The van der Waals surface area contributed by atoms with Crippen LogP contribution in [-0.4, -0.2) is 34.3 Å². The zero-order valence-corrected chi connectivity index (χ0v) is 10.6. The number of nitrogens with one attached hydrogen (secondary N) is 1. The third-order valence-electron chi connectivity index (χ3n) is 2.45. The quantitative estimate of drug-likeness (QED) is 0.648. The highest BCUT2D eigenvalue weighted by molar-refractivity contribution is 5.80. The summed E-state index contributed by atoms with van der Waals surface area (Å²) in [5.41, 5.74) is 0.764. The fourth-order valence-corrected chi connectivity index (χ4v) is 1.43. The molecule has 1 aromatic rings. The summed E-state index contributed by atoms with van der Waals surface area (Å²) < 4.78 is 4.85. The van der Waals surface area contributed by atoms with E-state index in [0.29, 0.717) is 0 Å². The lowest BCUT2D eigenvalue weighted by atomic mass is 10.2. The number of hydrogen-bond acceptors (Lipinski definition) is 4. The summed E-state index contributed by atoms with van der Waals surface area (Å²) in [5.74, 6) is -2.43. The Morgan fingerprint density at radius 3 is 2.35 bits per heavy atom. The van der Waals surface area contributed by atoms with Crippen LogP contribution in [-0.2, 0) is 20.9 Å². The second-order valence-electron chi connectivity index (χ2n) is 4.03. The summed E-state index contributed by atoms with van der Waals surface area (Å²) in [4.78, 5) is 32.7. The van der Waals surface area contributed by atoms with E-state index < -0.39 is 24.1 Å². The second kappa shape index (κ2) is 7.78. The van der Waals surface area contributed by atoms with E-state index >= 15 is 0 Å². The van der Waals surface area contributed by atoms with Crippen molar-refractivity contribution in [2.45, 2.75) is 25.5 Å². The van der Waals surface area contributed by atoms with Crippen LogP contribution < -0.4 is 5.32 Å². The van der Waals surface area contributed by atoms with E-state index in [1.54, 1.807) is 24.3 Å². The van der Waals surface area contributed by atoms with E-state index in [4.69, 9.17) is 14.9 Å². The van der Waals surface area contributed by atoms with Gasteiger partial charge in [-0.3, -0.25) is 4.79 Å². The van der Waals surface area contributed by atoms with Crippen LogP contribution >= 0.6 is 0 Å². The monoisotopic (exact) mass is 282 g/mol. The lowest BCUT2D eigenvalue weighted by molar-refractivity contribution is -0.140. The van der Waals surface area contributed by atoms with Gasteiger partial charge in [-0.25, -0.2) is 9.59 Å². The van der Waals surface area contributed by atoms with E-state index in [0.717, 1.165) is 5.56 Å². The van der Waals surface area contributed by atoms with Crippen molar-refractivity contribution in [3.63, 3.8) is 0 Å². The van der Waals surface area contributed by atoms with Crippen LogP contribution in [0.5, 0.6) is 0 Å². The molecule has 0 aliphatic heterocycles. The molecule has 7 nitrogen and oxygen atoms in total. The van der Waals surface area contributed by atoms with Gasteiger partial charge in [0.2, 0.25) is 0 Å². The normalized spacial score (nSPS) is 11.4. The van der Waals surface area contributed by atoms with Crippen LogP contribution in [0.25, 0.3) is 0 Å². The Morgan fingerprint density at radius 2 is 1.80 bits per heavy atom.